The van der Waals surface area contributed by atoms with E-state index in [1.165, 1.54) is 0 Å². The fourth-order valence-electron chi connectivity index (χ4n) is 3.06. The Balaban J connectivity index is 1.74. The Hall–Kier alpha value is -2.24. The molecule has 26 heavy (non-hydrogen) atoms. The number of amides is 1. The van der Waals surface area contributed by atoms with Crippen LogP contribution in [0.1, 0.15) is 39.5 Å². The molecular weight excluding hydrogens is 334 g/mol. The van der Waals surface area contributed by atoms with E-state index in [4.69, 9.17) is 14.2 Å². The number of likely N-dealkylation sites (tertiary alicyclic amines) is 1. The van der Waals surface area contributed by atoms with Crippen LogP contribution in [0.15, 0.2) is 24.3 Å². The van der Waals surface area contributed by atoms with E-state index >= 15 is 0 Å². The van der Waals surface area contributed by atoms with Crippen LogP contribution in [-0.4, -0.2) is 49.7 Å². The molecule has 1 aromatic carbocycles. The molecular formula is C20H29NO5. The Morgan fingerprint density at radius 1 is 1.12 bits per heavy atom. The highest BCUT2D eigenvalue weighted by molar-refractivity contribution is 5.78. The summed E-state index contributed by atoms with van der Waals surface area (Å²) in [6, 6.07) is 7.53. The quantitative estimate of drug-likeness (QED) is 0.498. The van der Waals surface area contributed by atoms with Crippen LogP contribution < -0.4 is 9.47 Å². The molecule has 0 radical (unpaired) electrons. The average molecular weight is 363 g/mol. The van der Waals surface area contributed by atoms with Crippen LogP contribution in [0, 0.1) is 5.92 Å². The van der Waals surface area contributed by atoms with Crippen LogP contribution in [0.25, 0.3) is 0 Å². The number of benzene rings is 1. The summed E-state index contributed by atoms with van der Waals surface area (Å²) in [5.41, 5.74) is 0. The smallest absolute Gasteiger partial charge is 0.310 e. The number of hydrogen-bond acceptors (Lipinski definition) is 5. The number of piperidine rings is 1. The van der Waals surface area contributed by atoms with Crippen molar-refractivity contribution < 1.29 is 23.8 Å². The normalized spacial score (nSPS) is 16.8. The van der Waals surface area contributed by atoms with Gasteiger partial charge in [0.1, 0.15) is 0 Å². The van der Waals surface area contributed by atoms with Gasteiger partial charge in [-0.05, 0) is 45.2 Å². The second-order valence-electron chi connectivity index (χ2n) is 6.26. The molecule has 2 rings (SSSR count). The van der Waals surface area contributed by atoms with E-state index < -0.39 is 0 Å². The first-order valence-electron chi connectivity index (χ1n) is 9.44. The maximum atomic E-state index is 12.4. The molecule has 1 unspecified atom stereocenters. The van der Waals surface area contributed by atoms with Gasteiger partial charge in [-0.1, -0.05) is 12.1 Å². The Morgan fingerprint density at radius 2 is 1.85 bits per heavy atom. The summed E-state index contributed by atoms with van der Waals surface area (Å²) in [5.74, 6) is 1.10. The van der Waals surface area contributed by atoms with Gasteiger partial charge in [0, 0.05) is 19.5 Å². The molecule has 1 aliphatic rings. The minimum atomic E-state index is -0.194. The third-order valence-electron chi connectivity index (χ3n) is 4.34. The summed E-state index contributed by atoms with van der Waals surface area (Å²) in [4.78, 5) is 26.1. The third kappa shape index (κ3) is 5.93. The third-order valence-corrected chi connectivity index (χ3v) is 4.34. The molecule has 1 fully saturated rings. The van der Waals surface area contributed by atoms with Crippen LogP contribution in [-0.2, 0) is 14.3 Å². The van der Waals surface area contributed by atoms with Gasteiger partial charge in [-0.3, -0.25) is 9.59 Å². The van der Waals surface area contributed by atoms with Crippen LogP contribution in [0.3, 0.4) is 0 Å². The van der Waals surface area contributed by atoms with Gasteiger partial charge in [0.2, 0.25) is 5.91 Å². The monoisotopic (exact) mass is 363 g/mol. The molecule has 0 saturated carbocycles. The summed E-state index contributed by atoms with van der Waals surface area (Å²) < 4.78 is 16.3. The summed E-state index contributed by atoms with van der Waals surface area (Å²) in [5, 5.41) is 0. The van der Waals surface area contributed by atoms with Crippen molar-refractivity contribution in [3.8, 4) is 11.5 Å². The highest BCUT2D eigenvalue weighted by atomic mass is 16.5. The highest BCUT2D eigenvalue weighted by Crippen LogP contribution is 2.26. The molecule has 1 atom stereocenters. The van der Waals surface area contributed by atoms with Gasteiger partial charge >= 0.3 is 5.97 Å². The zero-order valence-electron chi connectivity index (χ0n) is 15.7. The standard InChI is InChI=1S/C20H29NO5/c1-3-24-17-10-5-6-11-18(17)26-14-8-12-19(22)21-13-7-9-16(15-21)20(23)25-4-2/h5-6,10-11,16H,3-4,7-9,12-15H2,1-2H3. The van der Waals surface area contributed by atoms with E-state index in [9.17, 15) is 9.59 Å². The second kappa shape index (κ2) is 10.7. The second-order valence-corrected chi connectivity index (χ2v) is 6.26. The lowest BCUT2D eigenvalue weighted by molar-refractivity contribution is -0.151. The summed E-state index contributed by atoms with van der Waals surface area (Å²) >= 11 is 0. The van der Waals surface area contributed by atoms with Crippen molar-refractivity contribution in [3.63, 3.8) is 0 Å². The molecule has 1 amide bonds. The summed E-state index contributed by atoms with van der Waals surface area (Å²) in [6.45, 7) is 6.31. The predicted molar refractivity (Wildman–Crippen MR) is 98.3 cm³/mol. The van der Waals surface area contributed by atoms with Crippen molar-refractivity contribution in [2.45, 2.75) is 39.5 Å². The lowest BCUT2D eigenvalue weighted by Gasteiger charge is -2.31. The van der Waals surface area contributed by atoms with E-state index in [0.29, 0.717) is 51.5 Å². The van der Waals surface area contributed by atoms with Gasteiger partial charge in [0.15, 0.2) is 11.5 Å². The van der Waals surface area contributed by atoms with Crippen molar-refractivity contribution >= 4 is 11.9 Å². The largest absolute Gasteiger partial charge is 0.490 e. The number of carbonyl (C=O) groups is 2. The van der Waals surface area contributed by atoms with Crippen molar-refractivity contribution in [2.24, 2.45) is 5.92 Å². The molecule has 6 nitrogen and oxygen atoms in total. The van der Waals surface area contributed by atoms with Crippen molar-refractivity contribution in [1.29, 1.82) is 0 Å². The topological polar surface area (TPSA) is 65.1 Å². The van der Waals surface area contributed by atoms with Gasteiger partial charge in [-0.15, -0.1) is 0 Å². The van der Waals surface area contributed by atoms with Crippen molar-refractivity contribution in [1.82, 2.24) is 4.90 Å². The van der Waals surface area contributed by atoms with Crippen molar-refractivity contribution in [2.75, 3.05) is 32.9 Å². The van der Waals surface area contributed by atoms with Gasteiger partial charge in [-0.25, -0.2) is 0 Å². The maximum Gasteiger partial charge on any atom is 0.310 e. The van der Waals surface area contributed by atoms with Crippen molar-refractivity contribution in [3.05, 3.63) is 24.3 Å². The highest BCUT2D eigenvalue weighted by Gasteiger charge is 2.28. The first-order valence-corrected chi connectivity index (χ1v) is 9.44. The minimum Gasteiger partial charge on any atom is -0.490 e. The molecule has 1 saturated heterocycles. The van der Waals surface area contributed by atoms with E-state index in [1.54, 1.807) is 11.8 Å². The predicted octanol–water partition coefficient (Wildman–Crippen LogP) is 3.05. The number of ether oxygens (including phenoxy) is 3. The fraction of sp³-hybridized carbons (Fsp3) is 0.600. The fourth-order valence-corrected chi connectivity index (χ4v) is 3.06. The van der Waals surface area contributed by atoms with E-state index in [0.717, 1.165) is 18.6 Å². The Morgan fingerprint density at radius 3 is 2.54 bits per heavy atom. The first kappa shape index (κ1) is 20.1. The van der Waals surface area contributed by atoms with E-state index in [-0.39, 0.29) is 17.8 Å². The van der Waals surface area contributed by atoms with Crippen LogP contribution >= 0.6 is 0 Å². The van der Waals surface area contributed by atoms with Gasteiger partial charge < -0.3 is 19.1 Å². The number of rotatable bonds is 9. The van der Waals surface area contributed by atoms with E-state index in [1.807, 2.05) is 31.2 Å². The molecule has 144 valence electrons. The first-order chi connectivity index (χ1) is 12.7. The molecule has 1 heterocycles. The number of nitrogens with zero attached hydrogens (tertiary/aromatic N) is 1. The zero-order valence-corrected chi connectivity index (χ0v) is 15.7. The molecule has 0 aliphatic carbocycles. The lowest BCUT2D eigenvalue weighted by Crippen LogP contribution is -2.42. The molecule has 0 aromatic heterocycles. The Bertz CT molecular complexity index is 589. The summed E-state index contributed by atoms with van der Waals surface area (Å²) in [7, 11) is 0. The lowest BCUT2D eigenvalue weighted by atomic mass is 9.98. The van der Waals surface area contributed by atoms with Gasteiger partial charge in [0.25, 0.3) is 0 Å². The number of carbonyl (C=O) groups excluding carboxylic acids is 2. The SMILES string of the molecule is CCOC(=O)C1CCCN(C(=O)CCCOc2ccccc2OCC)C1. The minimum absolute atomic E-state index is 0.0701. The maximum absolute atomic E-state index is 12.4. The zero-order chi connectivity index (χ0) is 18.8. The number of para-hydroxylation sites is 2. The number of hydrogen-bond donors (Lipinski definition) is 0. The molecule has 6 heteroatoms. The molecule has 0 spiro atoms. The number of esters is 1. The summed E-state index contributed by atoms with van der Waals surface area (Å²) in [6.07, 6.45) is 2.67. The molecule has 0 N–H and O–H groups in total. The molecule has 1 aliphatic heterocycles. The Kier molecular flexibility index (Phi) is 8.25. The van der Waals surface area contributed by atoms with Gasteiger partial charge in [0.05, 0.1) is 25.7 Å². The van der Waals surface area contributed by atoms with Crippen LogP contribution in [0.2, 0.25) is 0 Å². The van der Waals surface area contributed by atoms with E-state index in [2.05, 4.69) is 0 Å². The molecule has 0 bridgehead atoms. The average Bonchev–Trinajstić information content (AvgIpc) is 2.67. The van der Waals surface area contributed by atoms with Crippen LogP contribution in [0.5, 0.6) is 11.5 Å². The Labute approximate surface area is 155 Å². The molecule has 1 aromatic rings. The van der Waals surface area contributed by atoms with Gasteiger partial charge in [-0.2, -0.15) is 0 Å². The van der Waals surface area contributed by atoms with Crippen LogP contribution in [0.4, 0.5) is 0 Å².